The predicted octanol–water partition coefficient (Wildman–Crippen LogP) is 3.69. The maximum Gasteiger partial charge on any atom is 0.243 e. The normalized spacial score (nSPS) is 25.8. The molecule has 1 atom stereocenters. The number of amides is 1. The fraction of sp³-hybridized carbons (Fsp3) is 0.533. The van der Waals surface area contributed by atoms with Crippen molar-refractivity contribution in [1.29, 1.82) is 0 Å². The van der Waals surface area contributed by atoms with Crippen molar-refractivity contribution < 1.29 is 4.79 Å². The van der Waals surface area contributed by atoms with E-state index >= 15 is 0 Å². The van der Waals surface area contributed by atoms with Gasteiger partial charge in [0.15, 0.2) is 0 Å². The Bertz CT molecular complexity index is 470. The van der Waals surface area contributed by atoms with E-state index < -0.39 is 5.54 Å². The molecule has 3 nitrogen and oxygen atoms in total. The van der Waals surface area contributed by atoms with E-state index in [0.717, 1.165) is 35.8 Å². The number of hydrogen-bond donors (Lipinski definition) is 2. The molecule has 0 aliphatic heterocycles. The highest BCUT2D eigenvalue weighted by atomic mass is 79.9. The van der Waals surface area contributed by atoms with Crippen LogP contribution in [0.1, 0.15) is 39.5 Å². The molecule has 1 unspecified atom stereocenters. The largest absolute Gasteiger partial charge is 0.371 e. The van der Waals surface area contributed by atoms with Crippen LogP contribution < -0.4 is 11.1 Å². The molecule has 1 aromatic rings. The van der Waals surface area contributed by atoms with Crippen LogP contribution in [-0.2, 0) is 4.79 Å². The summed E-state index contributed by atoms with van der Waals surface area (Å²) in [5.74, 6) is -0.250. The summed E-state index contributed by atoms with van der Waals surface area (Å²) in [6.45, 7) is 4.26. The van der Waals surface area contributed by atoms with Crippen LogP contribution in [0.2, 0.25) is 0 Å². The molecular weight excluding hydrogens is 304 g/mol. The van der Waals surface area contributed by atoms with Crippen LogP contribution in [0, 0.1) is 5.41 Å². The first-order valence-corrected chi connectivity index (χ1v) is 7.50. The Morgan fingerprint density at radius 2 is 1.79 bits per heavy atom. The minimum absolute atomic E-state index is 0.135. The molecular formula is C15H21BrN2O. The standard InChI is InChI=1S/C15H21BrN2O/c1-14(2)9-3-4-10-15(14,13(17)19)18-12-7-5-11(16)6-8-12/h5-8,18H,3-4,9-10H2,1-2H3,(H2,17,19). The van der Waals surface area contributed by atoms with Crippen molar-refractivity contribution in [3.05, 3.63) is 28.7 Å². The van der Waals surface area contributed by atoms with Gasteiger partial charge in [-0.1, -0.05) is 42.6 Å². The monoisotopic (exact) mass is 324 g/mol. The molecule has 0 saturated heterocycles. The van der Waals surface area contributed by atoms with Gasteiger partial charge in [-0.2, -0.15) is 0 Å². The summed E-state index contributed by atoms with van der Waals surface area (Å²) in [6, 6.07) is 7.87. The van der Waals surface area contributed by atoms with Crippen LogP contribution in [0.3, 0.4) is 0 Å². The van der Waals surface area contributed by atoms with Gasteiger partial charge in [0.25, 0.3) is 0 Å². The van der Waals surface area contributed by atoms with Crippen molar-refractivity contribution in [2.24, 2.45) is 11.1 Å². The summed E-state index contributed by atoms with van der Waals surface area (Å²) in [4.78, 5) is 12.1. The maximum atomic E-state index is 12.1. The SMILES string of the molecule is CC1(C)CCCCC1(Nc1ccc(Br)cc1)C(N)=O. The van der Waals surface area contributed by atoms with Gasteiger partial charge in [0.1, 0.15) is 5.54 Å². The lowest BCUT2D eigenvalue weighted by Gasteiger charge is -2.49. The van der Waals surface area contributed by atoms with Gasteiger partial charge in [-0.3, -0.25) is 4.79 Å². The van der Waals surface area contributed by atoms with E-state index in [-0.39, 0.29) is 11.3 Å². The number of hydrogen-bond acceptors (Lipinski definition) is 2. The van der Waals surface area contributed by atoms with Gasteiger partial charge in [0.05, 0.1) is 0 Å². The van der Waals surface area contributed by atoms with Crippen LogP contribution in [0.15, 0.2) is 28.7 Å². The van der Waals surface area contributed by atoms with Crippen LogP contribution in [0.4, 0.5) is 5.69 Å². The molecule has 1 aliphatic carbocycles. The average molecular weight is 325 g/mol. The Morgan fingerprint density at radius 1 is 1.21 bits per heavy atom. The number of rotatable bonds is 3. The number of benzene rings is 1. The molecule has 0 spiro atoms. The van der Waals surface area contributed by atoms with Gasteiger partial charge in [-0.25, -0.2) is 0 Å². The molecule has 19 heavy (non-hydrogen) atoms. The summed E-state index contributed by atoms with van der Waals surface area (Å²) in [6.07, 6.45) is 4.00. The minimum Gasteiger partial charge on any atom is -0.371 e. The second-order valence-corrected chi connectivity index (χ2v) is 6.91. The quantitative estimate of drug-likeness (QED) is 0.890. The molecule has 3 N–H and O–H groups in total. The molecule has 1 aromatic carbocycles. The zero-order valence-electron chi connectivity index (χ0n) is 11.5. The van der Waals surface area contributed by atoms with Crippen molar-refractivity contribution in [3.8, 4) is 0 Å². The number of anilines is 1. The van der Waals surface area contributed by atoms with Gasteiger partial charge in [0.2, 0.25) is 5.91 Å². The van der Waals surface area contributed by atoms with E-state index in [2.05, 4.69) is 35.1 Å². The molecule has 104 valence electrons. The number of nitrogens with two attached hydrogens (primary N) is 1. The van der Waals surface area contributed by atoms with Crippen molar-refractivity contribution in [3.63, 3.8) is 0 Å². The summed E-state index contributed by atoms with van der Waals surface area (Å²) >= 11 is 3.42. The van der Waals surface area contributed by atoms with Gasteiger partial charge in [-0.15, -0.1) is 0 Å². The highest BCUT2D eigenvalue weighted by molar-refractivity contribution is 9.10. The van der Waals surface area contributed by atoms with Gasteiger partial charge < -0.3 is 11.1 Å². The van der Waals surface area contributed by atoms with Crippen molar-refractivity contribution in [2.75, 3.05) is 5.32 Å². The van der Waals surface area contributed by atoms with Crippen LogP contribution in [0.5, 0.6) is 0 Å². The first kappa shape index (κ1) is 14.4. The summed E-state index contributed by atoms with van der Waals surface area (Å²) in [7, 11) is 0. The first-order chi connectivity index (χ1) is 8.87. The highest BCUT2D eigenvalue weighted by Crippen LogP contribution is 2.45. The Labute approximate surface area is 123 Å². The van der Waals surface area contributed by atoms with Crippen LogP contribution in [0.25, 0.3) is 0 Å². The Morgan fingerprint density at radius 3 is 2.32 bits per heavy atom. The number of halogens is 1. The smallest absolute Gasteiger partial charge is 0.243 e. The first-order valence-electron chi connectivity index (χ1n) is 6.71. The number of primary amides is 1. The van der Waals surface area contributed by atoms with Gasteiger partial charge in [-0.05, 0) is 42.5 Å². The zero-order valence-corrected chi connectivity index (χ0v) is 13.1. The fourth-order valence-electron chi connectivity index (χ4n) is 3.04. The molecule has 0 heterocycles. The summed E-state index contributed by atoms with van der Waals surface area (Å²) in [5.41, 5.74) is 5.90. The predicted molar refractivity (Wildman–Crippen MR) is 81.9 cm³/mol. The lowest BCUT2D eigenvalue weighted by Crippen LogP contribution is -2.61. The van der Waals surface area contributed by atoms with Crippen molar-refractivity contribution in [1.82, 2.24) is 0 Å². The molecule has 0 bridgehead atoms. The van der Waals surface area contributed by atoms with Crippen LogP contribution >= 0.6 is 15.9 Å². The third kappa shape index (κ3) is 2.64. The molecule has 0 aromatic heterocycles. The molecule has 4 heteroatoms. The maximum absolute atomic E-state index is 12.1. The van der Waals surface area contributed by atoms with E-state index in [9.17, 15) is 4.79 Å². The van der Waals surface area contributed by atoms with Crippen molar-refractivity contribution >= 4 is 27.5 Å². The second-order valence-electron chi connectivity index (χ2n) is 5.99. The minimum atomic E-state index is -0.654. The lowest BCUT2D eigenvalue weighted by atomic mass is 9.62. The summed E-state index contributed by atoms with van der Waals surface area (Å²) < 4.78 is 1.02. The molecule has 1 fully saturated rings. The van der Waals surface area contributed by atoms with Gasteiger partial charge >= 0.3 is 0 Å². The third-order valence-electron chi connectivity index (χ3n) is 4.38. The number of nitrogens with one attached hydrogen (secondary N) is 1. The highest BCUT2D eigenvalue weighted by Gasteiger charge is 2.51. The molecule has 0 radical (unpaired) electrons. The summed E-state index contributed by atoms with van der Waals surface area (Å²) in [5, 5.41) is 3.42. The lowest BCUT2D eigenvalue weighted by molar-refractivity contribution is -0.127. The van der Waals surface area contributed by atoms with Crippen molar-refractivity contribution in [2.45, 2.75) is 45.1 Å². The molecule has 2 rings (SSSR count). The Kier molecular flexibility index (Phi) is 3.90. The molecule has 1 saturated carbocycles. The molecule has 1 amide bonds. The Hall–Kier alpha value is -1.03. The Balaban J connectivity index is 2.34. The second kappa shape index (κ2) is 5.16. The average Bonchev–Trinajstić information content (AvgIpc) is 2.34. The third-order valence-corrected chi connectivity index (χ3v) is 4.91. The zero-order chi connectivity index (χ0) is 14.1. The number of carbonyl (C=O) groups is 1. The van der Waals surface area contributed by atoms with E-state index in [1.54, 1.807) is 0 Å². The topological polar surface area (TPSA) is 55.1 Å². The van der Waals surface area contributed by atoms with E-state index in [4.69, 9.17) is 5.73 Å². The molecule has 1 aliphatic rings. The van der Waals surface area contributed by atoms with Crippen LogP contribution in [-0.4, -0.2) is 11.4 Å². The van der Waals surface area contributed by atoms with E-state index in [1.165, 1.54) is 0 Å². The van der Waals surface area contributed by atoms with Gasteiger partial charge in [0, 0.05) is 10.2 Å². The number of carbonyl (C=O) groups excluding carboxylic acids is 1. The van der Waals surface area contributed by atoms with E-state index in [1.807, 2.05) is 24.3 Å². The van der Waals surface area contributed by atoms with E-state index in [0.29, 0.717) is 0 Å². The fourth-order valence-corrected chi connectivity index (χ4v) is 3.30.